The molecule has 1 saturated heterocycles. The lowest BCUT2D eigenvalue weighted by Crippen LogP contribution is -2.42. The number of amides is 1. The second-order valence-corrected chi connectivity index (χ2v) is 4.09. The first kappa shape index (κ1) is 15.4. The molecule has 1 rings (SSSR count). The molecular weight excluding hydrogens is 263 g/mol. The quantitative estimate of drug-likeness (QED) is 0.198. The van der Waals surface area contributed by atoms with Crippen LogP contribution in [0.2, 0.25) is 0 Å². The van der Waals surface area contributed by atoms with Crippen LogP contribution in [0.3, 0.4) is 0 Å². The highest BCUT2D eigenvalue weighted by atomic mass is 19.1. The van der Waals surface area contributed by atoms with Crippen LogP contribution in [0.4, 0.5) is 4.39 Å². The molecule has 0 aromatic carbocycles. The highest BCUT2D eigenvalue weighted by Crippen LogP contribution is 2.33. The van der Waals surface area contributed by atoms with Crippen LogP contribution in [0.1, 0.15) is 6.92 Å². The van der Waals surface area contributed by atoms with E-state index in [-0.39, 0.29) is 0 Å². The Morgan fingerprint density at radius 3 is 2.74 bits per heavy atom. The van der Waals surface area contributed by atoms with Crippen molar-refractivity contribution < 1.29 is 29.3 Å². The third-order valence-corrected chi connectivity index (χ3v) is 2.64. The Bertz CT molecular complexity index is 393. The number of halogens is 1. The third kappa shape index (κ3) is 3.23. The number of nitrogens with zero attached hydrogens (tertiary/aromatic N) is 1. The number of guanidine groups is 1. The molecule has 0 radical (unpaired) electrons. The molecule has 0 aromatic rings. The number of aliphatic hydroxyl groups is 2. The predicted octanol–water partition coefficient (Wildman–Crippen LogP) is -2.11. The zero-order valence-corrected chi connectivity index (χ0v) is 10.00. The Hall–Kier alpha value is -1.62. The van der Waals surface area contributed by atoms with Gasteiger partial charge in [-0.1, -0.05) is 0 Å². The molecule has 1 heterocycles. The summed E-state index contributed by atoms with van der Waals surface area (Å²) >= 11 is 0. The number of alkyl halides is 1. The number of nitrogens with one attached hydrogen (secondary N) is 3. The number of rotatable bonds is 3. The van der Waals surface area contributed by atoms with Crippen molar-refractivity contribution in [2.24, 2.45) is 4.99 Å². The molecular formula is C9H15FN4O5. The summed E-state index contributed by atoms with van der Waals surface area (Å²) in [5.41, 5.74) is -0.0292. The minimum atomic E-state index is -1.95. The lowest BCUT2D eigenvalue weighted by Gasteiger charge is -2.23. The maximum Gasteiger partial charge on any atom is 0.268 e. The molecule has 0 bridgehead atoms. The van der Waals surface area contributed by atoms with Gasteiger partial charge in [-0.05, 0) is 6.92 Å². The minimum absolute atomic E-state index is 0.419. The summed E-state index contributed by atoms with van der Waals surface area (Å²) in [6.45, 7) is 0.664. The second-order valence-electron chi connectivity index (χ2n) is 4.09. The molecule has 1 aliphatic heterocycles. The van der Waals surface area contributed by atoms with Crippen molar-refractivity contribution in [3.63, 3.8) is 0 Å². The van der Waals surface area contributed by atoms with Crippen LogP contribution in [0.5, 0.6) is 0 Å². The van der Waals surface area contributed by atoms with Gasteiger partial charge in [-0.15, -0.1) is 0 Å². The molecule has 108 valence electrons. The van der Waals surface area contributed by atoms with Gasteiger partial charge < -0.3 is 20.4 Å². The van der Waals surface area contributed by atoms with Gasteiger partial charge in [0.2, 0.25) is 5.96 Å². The zero-order chi connectivity index (χ0) is 14.6. The fourth-order valence-corrected chi connectivity index (χ4v) is 1.50. The van der Waals surface area contributed by atoms with Crippen LogP contribution >= 0.6 is 0 Å². The lowest BCUT2D eigenvalue weighted by molar-refractivity contribution is -0.113. The van der Waals surface area contributed by atoms with E-state index in [1.54, 1.807) is 0 Å². The van der Waals surface area contributed by atoms with Crippen molar-refractivity contribution in [2.45, 2.75) is 31.0 Å². The fourth-order valence-electron chi connectivity index (χ4n) is 1.50. The standard InChI is InChI=1S/C9H15FN4O5/c1-9(3-15)6(17)5(10)7(19-9)13-8(14-18)12-4(16)2-11/h2,5-7,11,15,17-18H,3H2,1H3,(H2,12,13,14,16)/t5-,6-,7+,9+/m0/s1. The monoisotopic (exact) mass is 278 g/mol. The first-order valence-electron chi connectivity index (χ1n) is 5.28. The van der Waals surface area contributed by atoms with Crippen LogP contribution in [-0.2, 0) is 9.53 Å². The number of ether oxygens (including phenoxy) is 1. The van der Waals surface area contributed by atoms with Crippen LogP contribution in [0.15, 0.2) is 4.99 Å². The van der Waals surface area contributed by atoms with E-state index in [1.807, 2.05) is 5.32 Å². The van der Waals surface area contributed by atoms with Crippen molar-refractivity contribution in [2.75, 3.05) is 6.61 Å². The van der Waals surface area contributed by atoms with Gasteiger partial charge in [0.15, 0.2) is 12.4 Å². The Morgan fingerprint density at radius 1 is 1.68 bits per heavy atom. The highest BCUT2D eigenvalue weighted by molar-refractivity contribution is 6.28. The molecule has 6 N–H and O–H groups in total. The van der Waals surface area contributed by atoms with E-state index in [2.05, 4.69) is 4.99 Å². The Labute approximate surface area is 107 Å². The van der Waals surface area contributed by atoms with Gasteiger partial charge in [0.05, 0.1) is 12.8 Å². The van der Waals surface area contributed by atoms with Crippen LogP contribution in [-0.4, -0.2) is 64.2 Å². The van der Waals surface area contributed by atoms with E-state index >= 15 is 0 Å². The molecule has 9 nitrogen and oxygen atoms in total. The number of aliphatic hydroxyl groups excluding tert-OH is 2. The molecule has 4 atom stereocenters. The summed E-state index contributed by atoms with van der Waals surface area (Å²) in [6.07, 6.45) is -4.66. The molecule has 0 saturated carbocycles. The maximum atomic E-state index is 13.7. The van der Waals surface area contributed by atoms with E-state index in [0.717, 1.165) is 0 Å². The van der Waals surface area contributed by atoms with Crippen molar-refractivity contribution in [3.8, 4) is 0 Å². The largest absolute Gasteiger partial charge is 0.393 e. The topological polar surface area (TPSA) is 147 Å². The van der Waals surface area contributed by atoms with Gasteiger partial charge in [-0.3, -0.25) is 15.3 Å². The zero-order valence-electron chi connectivity index (χ0n) is 10.00. The summed E-state index contributed by atoms with van der Waals surface area (Å²) in [7, 11) is 0. The van der Waals surface area contributed by atoms with Gasteiger partial charge in [-0.25, -0.2) is 14.9 Å². The van der Waals surface area contributed by atoms with Gasteiger partial charge in [0, 0.05) is 0 Å². The molecule has 1 amide bonds. The first-order valence-corrected chi connectivity index (χ1v) is 5.28. The molecule has 10 heteroatoms. The molecule has 19 heavy (non-hydrogen) atoms. The predicted molar refractivity (Wildman–Crippen MR) is 60.6 cm³/mol. The Morgan fingerprint density at radius 2 is 2.32 bits per heavy atom. The average molecular weight is 278 g/mol. The van der Waals surface area contributed by atoms with Crippen molar-refractivity contribution in [3.05, 3.63) is 0 Å². The minimum Gasteiger partial charge on any atom is -0.393 e. The van der Waals surface area contributed by atoms with E-state index in [0.29, 0.717) is 6.21 Å². The fraction of sp³-hybridized carbons (Fsp3) is 0.667. The third-order valence-electron chi connectivity index (χ3n) is 2.64. The Kier molecular flexibility index (Phi) is 4.89. The summed E-state index contributed by atoms with van der Waals surface area (Å²) in [4.78, 5) is 14.4. The van der Waals surface area contributed by atoms with E-state index in [9.17, 15) is 14.3 Å². The van der Waals surface area contributed by atoms with Gasteiger partial charge >= 0.3 is 0 Å². The van der Waals surface area contributed by atoms with Gasteiger partial charge in [-0.2, -0.15) is 0 Å². The summed E-state index contributed by atoms with van der Waals surface area (Å²) in [5.74, 6) is -1.45. The molecule has 0 unspecified atom stereocenters. The molecule has 1 aliphatic rings. The van der Waals surface area contributed by atoms with Gasteiger partial charge in [0.25, 0.3) is 5.91 Å². The van der Waals surface area contributed by atoms with Gasteiger partial charge in [0.1, 0.15) is 11.7 Å². The summed E-state index contributed by atoms with van der Waals surface area (Å²) in [5, 5.41) is 35.9. The van der Waals surface area contributed by atoms with Crippen LogP contribution in [0.25, 0.3) is 0 Å². The maximum absolute atomic E-state index is 13.7. The average Bonchev–Trinajstić information content (AvgIpc) is 2.63. The van der Waals surface area contributed by atoms with Crippen molar-refractivity contribution in [1.29, 1.82) is 5.41 Å². The molecule has 0 aromatic heterocycles. The molecule has 0 aliphatic carbocycles. The van der Waals surface area contributed by atoms with Crippen molar-refractivity contribution in [1.82, 2.24) is 10.8 Å². The first-order chi connectivity index (χ1) is 8.87. The molecule has 0 spiro atoms. The van der Waals surface area contributed by atoms with Crippen LogP contribution < -0.4 is 10.8 Å². The number of hydroxylamine groups is 1. The van der Waals surface area contributed by atoms with Crippen molar-refractivity contribution >= 4 is 18.1 Å². The number of hydrogen-bond acceptors (Lipinski definition) is 7. The lowest BCUT2D eigenvalue weighted by atomic mass is 9.99. The van der Waals surface area contributed by atoms with Crippen LogP contribution in [0, 0.1) is 5.41 Å². The summed E-state index contributed by atoms with van der Waals surface area (Å²) < 4.78 is 18.8. The number of carbonyl (C=O) groups excluding carboxylic acids is 1. The second kappa shape index (κ2) is 6.02. The normalized spacial score (nSPS) is 35.0. The molecule has 1 fully saturated rings. The smallest absolute Gasteiger partial charge is 0.268 e. The highest BCUT2D eigenvalue weighted by Gasteiger charge is 2.52. The number of carbonyl (C=O) groups is 1. The Balaban J connectivity index is 2.85. The van der Waals surface area contributed by atoms with E-state index in [1.165, 1.54) is 12.4 Å². The SMILES string of the molecule is C[C@]1(CO)O[C@@H](N=C(NO)NC(=O)C=N)[C@@H](F)[C@@H]1O. The number of hydrogen-bond donors (Lipinski definition) is 6. The number of aliphatic imine (C=N–C) groups is 1. The van der Waals surface area contributed by atoms with E-state index < -0.39 is 42.6 Å². The van der Waals surface area contributed by atoms with E-state index in [4.69, 9.17) is 20.5 Å². The summed E-state index contributed by atoms with van der Waals surface area (Å²) in [6, 6.07) is 0.